The summed E-state index contributed by atoms with van der Waals surface area (Å²) in [5.41, 5.74) is 1.08. The van der Waals surface area contributed by atoms with Gasteiger partial charge in [-0.15, -0.1) is 0 Å². The summed E-state index contributed by atoms with van der Waals surface area (Å²) < 4.78 is 16.1. The van der Waals surface area contributed by atoms with E-state index in [2.05, 4.69) is 19.2 Å². The van der Waals surface area contributed by atoms with Crippen LogP contribution in [0.2, 0.25) is 0 Å². The van der Waals surface area contributed by atoms with Gasteiger partial charge in [0, 0.05) is 6.04 Å². The molecule has 5 nitrogen and oxygen atoms in total. The van der Waals surface area contributed by atoms with Crippen molar-refractivity contribution in [2.24, 2.45) is 5.92 Å². The van der Waals surface area contributed by atoms with Crippen molar-refractivity contribution in [2.45, 2.75) is 26.8 Å². The van der Waals surface area contributed by atoms with Gasteiger partial charge in [-0.1, -0.05) is 19.9 Å². The van der Waals surface area contributed by atoms with Crippen LogP contribution in [0.1, 0.15) is 32.4 Å². The van der Waals surface area contributed by atoms with Crippen LogP contribution in [-0.4, -0.2) is 32.3 Å². The molecule has 0 fully saturated rings. The minimum atomic E-state index is -0.235. The van der Waals surface area contributed by atoms with Crippen LogP contribution in [0.4, 0.5) is 0 Å². The van der Waals surface area contributed by atoms with Crippen LogP contribution in [0.25, 0.3) is 0 Å². The Morgan fingerprint density at radius 2 is 2.00 bits per heavy atom. The van der Waals surface area contributed by atoms with Crippen LogP contribution in [0.15, 0.2) is 18.2 Å². The second kappa shape index (κ2) is 7.31. The Bertz CT molecular complexity index is 487. The van der Waals surface area contributed by atoms with Crippen molar-refractivity contribution < 1.29 is 19.0 Å². The summed E-state index contributed by atoms with van der Waals surface area (Å²) in [5, 5.41) is 3.26. The van der Waals surface area contributed by atoms with Crippen LogP contribution >= 0.6 is 0 Å². The Labute approximate surface area is 125 Å². The van der Waals surface area contributed by atoms with Crippen LogP contribution in [0, 0.1) is 5.92 Å². The van der Waals surface area contributed by atoms with Gasteiger partial charge in [0.1, 0.15) is 13.2 Å². The third-order valence-corrected chi connectivity index (χ3v) is 3.36. The zero-order chi connectivity index (χ0) is 15.2. The minimum absolute atomic E-state index is 0.0604. The maximum Gasteiger partial charge on any atom is 0.319 e. The van der Waals surface area contributed by atoms with Gasteiger partial charge in [-0.2, -0.15) is 0 Å². The highest BCUT2D eigenvalue weighted by Gasteiger charge is 2.20. The molecule has 1 N–H and O–H groups in total. The third kappa shape index (κ3) is 4.11. The summed E-state index contributed by atoms with van der Waals surface area (Å²) in [4.78, 5) is 11.5. The Kier molecular flexibility index (Phi) is 5.44. The van der Waals surface area contributed by atoms with E-state index in [9.17, 15) is 4.79 Å². The lowest BCUT2D eigenvalue weighted by molar-refractivity contribution is -0.142. The van der Waals surface area contributed by atoms with E-state index in [4.69, 9.17) is 14.2 Å². The molecule has 1 aromatic carbocycles. The summed E-state index contributed by atoms with van der Waals surface area (Å²) >= 11 is 0. The largest absolute Gasteiger partial charge is 0.486 e. The first-order chi connectivity index (χ1) is 10.1. The maximum atomic E-state index is 11.5. The Morgan fingerprint density at radius 3 is 2.67 bits per heavy atom. The molecule has 0 spiro atoms. The first-order valence-electron chi connectivity index (χ1n) is 7.40. The standard InChI is InChI=1S/C16H23NO4/c1-4-19-15(18)10-17-16(11(2)3)12-5-6-13-14(9-12)21-8-7-20-13/h5-6,9,11,16-17H,4,7-8,10H2,1-3H3. The number of carbonyl (C=O) groups is 1. The molecule has 1 heterocycles. The first kappa shape index (κ1) is 15.6. The molecule has 0 aromatic heterocycles. The number of esters is 1. The summed E-state index contributed by atoms with van der Waals surface area (Å²) in [6.07, 6.45) is 0. The summed E-state index contributed by atoms with van der Waals surface area (Å²) in [5.74, 6) is 1.64. The molecule has 5 heteroatoms. The van der Waals surface area contributed by atoms with Crippen LogP contribution < -0.4 is 14.8 Å². The molecule has 1 aromatic rings. The van der Waals surface area contributed by atoms with E-state index >= 15 is 0 Å². The molecule has 21 heavy (non-hydrogen) atoms. The number of fused-ring (bicyclic) bond motifs is 1. The van der Waals surface area contributed by atoms with Gasteiger partial charge >= 0.3 is 5.97 Å². The van der Waals surface area contributed by atoms with E-state index in [0.717, 1.165) is 17.1 Å². The van der Waals surface area contributed by atoms with Crippen molar-refractivity contribution in [3.8, 4) is 11.5 Å². The molecular formula is C16H23NO4. The molecule has 0 saturated carbocycles. The fraction of sp³-hybridized carbons (Fsp3) is 0.562. The molecule has 0 radical (unpaired) electrons. The van der Waals surface area contributed by atoms with Crippen molar-refractivity contribution in [1.29, 1.82) is 0 Å². The maximum absolute atomic E-state index is 11.5. The van der Waals surface area contributed by atoms with Crippen LogP contribution in [0.3, 0.4) is 0 Å². The van der Waals surface area contributed by atoms with Gasteiger partial charge in [-0.05, 0) is 30.5 Å². The molecule has 0 saturated heterocycles. The van der Waals surface area contributed by atoms with Crippen molar-refractivity contribution in [2.75, 3.05) is 26.4 Å². The Morgan fingerprint density at radius 1 is 1.29 bits per heavy atom. The van der Waals surface area contributed by atoms with Crippen molar-refractivity contribution in [3.05, 3.63) is 23.8 Å². The molecule has 1 aliphatic rings. The minimum Gasteiger partial charge on any atom is -0.486 e. The normalized spacial score (nSPS) is 14.9. The van der Waals surface area contributed by atoms with E-state index < -0.39 is 0 Å². The van der Waals surface area contributed by atoms with Gasteiger partial charge < -0.3 is 14.2 Å². The van der Waals surface area contributed by atoms with E-state index in [0.29, 0.717) is 25.7 Å². The highest BCUT2D eigenvalue weighted by atomic mass is 16.6. The molecule has 1 aliphatic heterocycles. The van der Waals surface area contributed by atoms with E-state index in [1.165, 1.54) is 0 Å². The number of carbonyl (C=O) groups excluding carboxylic acids is 1. The number of benzene rings is 1. The van der Waals surface area contributed by atoms with E-state index in [1.807, 2.05) is 18.2 Å². The van der Waals surface area contributed by atoms with Gasteiger partial charge in [-0.25, -0.2) is 0 Å². The second-order valence-electron chi connectivity index (χ2n) is 5.31. The van der Waals surface area contributed by atoms with Crippen molar-refractivity contribution >= 4 is 5.97 Å². The van der Waals surface area contributed by atoms with Gasteiger partial charge in [0.15, 0.2) is 11.5 Å². The summed E-state index contributed by atoms with van der Waals surface area (Å²) in [7, 11) is 0. The molecule has 2 rings (SSSR count). The number of rotatable bonds is 6. The Hall–Kier alpha value is -1.75. The molecular weight excluding hydrogens is 270 g/mol. The summed E-state index contributed by atoms with van der Waals surface area (Å²) in [6, 6.07) is 5.98. The highest BCUT2D eigenvalue weighted by Crippen LogP contribution is 2.34. The molecule has 116 valence electrons. The molecule has 0 bridgehead atoms. The number of ether oxygens (including phenoxy) is 3. The topological polar surface area (TPSA) is 56.8 Å². The molecule has 1 atom stereocenters. The number of nitrogens with one attached hydrogen (secondary N) is 1. The molecule has 0 amide bonds. The fourth-order valence-corrected chi connectivity index (χ4v) is 2.40. The Balaban J connectivity index is 2.09. The zero-order valence-electron chi connectivity index (χ0n) is 12.8. The third-order valence-electron chi connectivity index (χ3n) is 3.36. The summed E-state index contributed by atoms with van der Waals surface area (Å²) in [6.45, 7) is 7.78. The van der Waals surface area contributed by atoms with Crippen molar-refractivity contribution in [3.63, 3.8) is 0 Å². The lowest BCUT2D eigenvalue weighted by atomic mass is 9.95. The smallest absolute Gasteiger partial charge is 0.319 e. The number of hydrogen-bond donors (Lipinski definition) is 1. The average Bonchev–Trinajstić information content (AvgIpc) is 2.47. The average molecular weight is 293 g/mol. The van der Waals surface area contributed by atoms with E-state index in [-0.39, 0.29) is 18.6 Å². The zero-order valence-corrected chi connectivity index (χ0v) is 12.8. The predicted molar refractivity (Wildman–Crippen MR) is 79.6 cm³/mol. The lowest BCUT2D eigenvalue weighted by Gasteiger charge is -2.25. The van der Waals surface area contributed by atoms with Gasteiger partial charge in [0.25, 0.3) is 0 Å². The molecule has 0 aliphatic carbocycles. The van der Waals surface area contributed by atoms with Crippen molar-refractivity contribution in [1.82, 2.24) is 5.32 Å². The number of hydrogen-bond acceptors (Lipinski definition) is 5. The van der Waals surface area contributed by atoms with Gasteiger partial charge in [0.05, 0.1) is 13.2 Å². The van der Waals surface area contributed by atoms with Crippen LogP contribution in [0.5, 0.6) is 11.5 Å². The SMILES string of the molecule is CCOC(=O)CNC(c1ccc2c(c1)OCCO2)C(C)C. The highest BCUT2D eigenvalue weighted by molar-refractivity contribution is 5.71. The quantitative estimate of drug-likeness (QED) is 0.816. The second-order valence-corrected chi connectivity index (χ2v) is 5.31. The predicted octanol–water partition coefficient (Wildman–Crippen LogP) is 2.31. The van der Waals surface area contributed by atoms with E-state index in [1.54, 1.807) is 6.92 Å². The molecule has 1 unspecified atom stereocenters. The van der Waals surface area contributed by atoms with Gasteiger partial charge in [-0.3, -0.25) is 10.1 Å². The monoisotopic (exact) mass is 293 g/mol. The lowest BCUT2D eigenvalue weighted by Crippen LogP contribution is -2.31. The van der Waals surface area contributed by atoms with Crippen LogP contribution in [-0.2, 0) is 9.53 Å². The fourth-order valence-electron chi connectivity index (χ4n) is 2.40. The first-order valence-corrected chi connectivity index (χ1v) is 7.40. The van der Waals surface area contributed by atoms with Gasteiger partial charge in [0.2, 0.25) is 0 Å².